The standard InChI is InChI=1S/C23H19F4NO4S/c1-2-33(30,31)17-10-7-15(8-11-17)13-22(29)28-20-12-9-16(14-19(20)24)18-5-3-4-6-21(18)32-23(25,26)27/h3-12,14H,2,13H2,1H3,(H,28,29). The highest BCUT2D eigenvalue weighted by Crippen LogP contribution is 2.35. The number of anilines is 1. The van der Waals surface area contributed by atoms with Crippen molar-refractivity contribution in [2.75, 3.05) is 11.1 Å². The minimum atomic E-state index is -4.90. The molecule has 0 aliphatic rings. The Morgan fingerprint density at radius 1 is 1.00 bits per heavy atom. The molecule has 0 aliphatic heterocycles. The number of carbonyl (C=O) groups is 1. The quantitative estimate of drug-likeness (QED) is 0.461. The van der Waals surface area contributed by atoms with Gasteiger partial charge in [0, 0.05) is 5.56 Å². The highest BCUT2D eigenvalue weighted by molar-refractivity contribution is 7.91. The van der Waals surface area contributed by atoms with Gasteiger partial charge in [-0.15, -0.1) is 13.2 Å². The molecule has 3 aromatic carbocycles. The van der Waals surface area contributed by atoms with Gasteiger partial charge >= 0.3 is 6.36 Å². The largest absolute Gasteiger partial charge is 0.573 e. The van der Waals surface area contributed by atoms with Crippen LogP contribution in [0.1, 0.15) is 12.5 Å². The molecule has 10 heteroatoms. The molecule has 0 unspecified atom stereocenters. The molecule has 0 saturated heterocycles. The fourth-order valence-corrected chi connectivity index (χ4v) is 3.95. The van der Waals surface area contributed by atoms with Crippen LogP contribution in [0.4, 0.5) is 23.2 Å². The minimum Gasteiger partial charge on any atom is -0.405 e. The van der Waals surface area contributed by atoms with E-state index in [0.717, 1.165) is 12.1 Å². The smallest absolute Gasteiger partial charge is 0.405 e. The number of ether oxygens (including phenoxy) is 1. The maximum Gasteiger partial charge on any atom is 0.573 e. The molecule has 1 N–H and O–H groups in total. The van der Waals surface area contributed by atoms with E-state index in [4.69, 9.17) is 0 Å². The number of hydrogen-bond donors (Lipinski definition) is 1. The molecule has 0 spiro atoms. The summed E-state index contributed by atoms with van der Waals surface area (Å²) in [6.07, 6.45) is -5.03. The van der Waals surface area contributed by atoms with Crippen molar-refractivity contribution < 1.29 is 35.5 Å². The molecular weight excluding hydrogens is 462 g/mol. The average molecular weight is 481 g/mol. The van der Waals surface area contributed by atoms with Crippen molar-refractivity contribution in [1.29, 1.82) is 0 Å². The zero-order valence-electron chi connectivity index (χ0n) is 17.3. The molecule has 5 nitrogen and oxygen atoms in total. The Morgan fingerprint density at radius 3 is 2.27 bits per heavy atom. The van der Waals surface area contributed by atoms with Crippen LogP contribution in [0.15, 0.2) is 71.6 Å². The minimum absolute atomic E-state index is 0.0359. The summed E-state index contributed by atoms with van der Waals surface area (Å²) in [4.78, 5) is 12.4. The summed E-state index contributed by atoms with van der Waals surface area (Å²) in [7, 11) is -3.36. The van der Waals surface area contributed by atoms with Crippen molar-refractivity contribution in [2.45, 2.75) is 24.6 Å². The van der Waals surface area contributed by atoms with E-state index >= 15 is 0 Å². The van der Waals surface area contributed by atoms with Crippen LogP contribution in [-0.4, -0.2) is 26.4 Å². The lowest BCUT2D eigenvalue weighted by molar-refractivity contribution is -0.274. The van der Waals surface area contributed by atoms with Gasteiger partial charge < -0.3 is 10.1 Å². The van der Waals surface area contributed by atoms with Gasteiger partial charge in [0.1, 0.15) is 11.6 Å². The molecule has 0 fully saturated rings. The first-order valence-corrected chi connectivity index (χ1v) is 11.4. The molecule has 0 aromatic heterocycles. The molecule has 174 valence electrons. The van der Waals surface area contributed by atoms with Gasteiger partial charge in [-0.2, -0.15) is 0 Å². The fourth-order valence-electron chi connectivity index (χ4n) is 3.06. The number of benzene rings is 3. The second-order valence-corrected chi connectivity index (χ2v) is 9.29. The summed E-state index contributed by atoms with van der Waals surface area (Å²) >= 11 is 0. The van der Waals surface area contributed by atoms with Crippen LogP contribution in [0.25, 0.3) is 11.1 Å². The monoisotopic (exact) mass is 481 g/mol. The van der Waals surface area contributed by atoms with Gasteiger partial charge in [0.25, 0.3) is 0 Å². The molecule has 0 heterocycles. The van der Waals surface area contributed by atoms with E-state index in [1.165, 1.54) is 61.5 Å². The topological polar surface area (TPSA) is 72.5 Å². The van der Waals surface area contributed by atoms with Gasteiger partial charge in [0.2, 0.25) is 5.91 Å². The molecule has 0 radical (unpaired) electrons. The van der Waals surface area contributed by atoms with Crippen molar-refractivity contribution in [2.24, 2.45) is 0 Å². The zero-order chi connectivity index (χ0) is 24.2. The van der Waals surface area contributed by atoms with Gasteiger partial charge in [-0.1, -0.05) is 43.3 Å². The van der Waals surface area contributed by atoms with Crippen LogP contribution in [0, 0.1) is 5.82 Å². The number of rotatable bonds is 7. The van der Waals surface area contributed by atoms with E-state index < -0.39 is 33.7 Å². The number of para-hydroxylation sites is 1. The highest BCUT2D eigenvalue weighted by Gasteiger charge is 2.32. The lowest BCUT2D eigenvalue weighted by Gasteiger charge is -2.14. The molecule has 0 aliphatic carbocycles. The van der Waals surface area contributed by atoms with Crippen molar-refractivity contribution in [3.8, 4) is 16.9 Å². The summed E-state index contributed by atoms with van der Waals surface area (Å²) in [6, 6.07) is 14.7. The molecule has 3 aromatic rings. The number of alkyl halides is 3. The van der Waals surface area contributed by atoms with Gasteiger partial charge in [0.15, 0.2) is 9.84 Å². The van der Waals surface area contributed by atoms with Crippen molar-refractivity contribution in [1.82, 2.24) is 0 Å². The molecule has 1 amide bonds. The summed E-state index contributed by atoms with van der Waals surface area (Å²) in [5.41, 5.74) is 0.549. The van der Waals surface area contributed by atoms with Crippen LogP contribution in [0.3, 0.4) is 0 Å². The maximum absolute atomic E-state index is 14.6. The number of sulfone groups is 1. The lowest BCUT2D eigenvalue weighted by atomic mass is 10.0. The number of amides is 1. The first kappa shape index (κ1) is 24.2. The van der Waals surface area contributed by atoms with E-state index in [-0.39, 0.29) is 33.9 Å². The maximum atomic E-state index is 14.6. The Balaban J connectivity index is 1.73. The van der Waals surface area contributed by atoms with Crippen LogP contribution in [0.2, 0.25) is 0 Å². The van der Waals surface area contributed by atoms with Gasteiger partial charge in [-0.3, -0.25) is 4.79 Å². The van der Waals surface area contributed by atoms with Gasteiger partial charge in [0.05, 0.1) is 22.8 Å². The molecule has 33 heavy (non-hydrogen) atoms. The predicted octanol–water partition coefficient (Wildman–Crippen LogP) is 5.37. The highest BCUT2D eigenvalue weighted by atomic mass is 32.2. The molecule has 3 rings (SSSR count). The number of carbonyl (C=O) groups excluding carboxylic acids is 1. The first-order valence-electron chi connectivity index (χ1n) is 9.75. The van der Waals surface area contributed by atoms with Gasteiger partial charge in [-0.05, 0) is 41.5 Å². The summed E-state index contributed by atoms with van der Waals surface area (Å²) < 4.78 is 80.2. The van der Waals surface area contributed by atoms with E-state index in [9.17, 15) is 30.8 Å². The Hall–Kier alpha value is -3.40. The lowest BCUT2D eigenvalue weighted by Crippen LogP contribution is -2.17. The third-order valence-electron chi connectivity index (χ3n) is 4.69. The van der Waals surface area contributed by atoms with E-state index in [0.29, 0.717) is 5.56 Å². The second kappa shape index (κ2) is 9.62. The number of nitrogens with one attached hydrogen (secondary N) is 1. The van der Waals surface area contributed by atoms with Crippen molar-refractivity contribution in [3.63, 3.8) is 0 Å². The van der Waals surface area contributed by atoms with Crippen LogP contribution >= 0.6 is 0 Å². The fraction of sp³-hybridized carbons (Fsp3) is 0.174. The first-order chi connectivity index (χ1) is 15.5. The van der Waals surface area contributed by atoms with Crippen molar-refractivity contribution in [3.05, 3.63) is 78.1 Å². The number of hydrogen-bond acceptors (Lipinski definition) is 4. The van der Waals surface area contributed by atoms with Crippen LogP contribution in [0.5, 0.6) is 5.75 Å². The average Bonchev–Trinajstić information content (AvgIpc) is 2.75. The zero-order valence-corrected chi connectivity index (χ0v) is 18.1. The Bertz CT molecular complexity index is 1260. The molecular formula is C23H19F4NO4S. The summed E-state index contributed by atoms with van der Waals surface area (Å²) in [5, 5.41) is 2.40. The van der Waals surface area contributed by atoms with E-state index in [2.05, 4.69) is 10.1 Å². The Labute approximate surface area is 187 Å². The van der Waals surface area contributed by atoms with Gasteiger partial charge in [-0.25, -0.2) is 12.8 Å². The van der Waals surface area contributed by atoms with Crippen molar-refractivity contribution >= 4 is 21.4 Å². The second-order valence-electron chi connectivity index (χ2n) is 7.01. The summed E-state index contributed by atoms with van der Waals surface area (Å²) in [5.74, 6) is -1.91. The molecule has 0 bridgehead atoms. The summed E-state index contributed by atoms with van der Waals surface area (Å²) in [6.45, 7) is 1.53. The Kier molecular flexibility index (Phi) is 7.06. The molecule has 0 atom stereocenters. The van der Waals surface area contributed by atoms with E-state index in [1.54, 1.807) is 0 Å². The third kappa shape index (κ3) is 6.32. The Morgan fingerprint density at radius 2 is 1.67 bits per heavy atom. The third-order valence-corrected chi connectivity index (χ3v) is 6.44. The number of halogens is 4. The SMILES string of the molecule is CCS(=O)(=O)c1ccc(CC(=O)Nc2ccc(-c3ccccc3OC(F)(F)F)cc2F)cc1. The predicted molar refractivity (Wildman–Crippen MR) is 115 cm³/mol. The normalized spacial score (nSPS) is 11.8. The van der Waals surface area contributed by atoms with Crippen LogP contribution < -0.4 is 10.1 Å². The van der Waals surface area contributed by atoms with E-state index in [1.807, 2.05) is 0 Å². The molecule has 0 saturated carbocycles. The van der Waals surface area contributed by atoms with Crippen LogP contribution in [-0.2, 0) is 21.1 Å².